The average molecular weight is 443 g/mol. The predicted octanol–water partition coefficient (Wildman–Crippen LogP) is 7.31. The molecule has 0 bridgehead atoms. The Morgan fingerprint density at radius 3 is 1.56 bits per heavy atom. The summed E-state index contributed by atoms with van der Waals surface area (Å²) in [6, 6.07) is 44.6. The third-order valence-electron chi connectivity index (χ3n) is 6.24. The first-order chi connectivity index (χ1) is 16.8. The van der Waals surface area contributed by atoms with Gasteiger partial charge in [-0.25, -0.2) is 0 Å². The summed E-state index contributed by atoms with van der Waals surface area (Å²) in [7, 11) is 0. The molecule has 2 nitrogen and oxygen atoms in total. The Kier molecular flexibility index (Phi) is 6.22. The summed E-state index contributed by atoms with van der Waals surface area (Å²) < 4.78 is 6.47. The van der Waals surface area contributed by atoms with Crippen LogP contribution < -0.4 is 0 Å². The van der Waals surface area contributed by atoms with Gasteiger partial charge in [0.05, 0.1) is 0 Å². The Balaban J connectivity index is 1.49. The average Bonchev–Trinajstić information content (AvgIpc) is 2.92. The minimum atomic E-state index is -1.02. The molecule has 0 aliphatic carbocycles. The van der Waals surface area contributed by atoms with Crippen molar-refractivity contribution in [1.82, 2.24) is 0 Å². The Bertz CT molecular complexity index is 1280. The lowest BCUT2D eigenvalue weighted by Gasteiger charge is -2.35. The number of carbonyl (C=O) groups is 1. The number of esters is 1. The highest BCUT2D eigenvalue weighted by Crippen LogP contribution is 2.40. The van der Waals surface area contributed by atoms with E-state index in [0.717, 1.165) is 22.3 Å². The second-order valence-electron chi connectivity index (χ2n) is 8.43. The van der Waals surface area contributed by atoms with Gasteiger partial charge >= 0.3 is 5.97 Å². The number of fused-ring (bicyclic) bond motifs is 1. The summed E-state index contributed by atoms with van der Waals surface area (Å²) in [6.45, 7) is 0. The van der Waals surface area contributed by atoms with Gasteiger partial charge in [0.15, 0.2) is 5.60 Å². The summed E-state index contributed by atoms with van der Waals surface area (Å²) in [5.41, 5.74) is 2.87. The normalized spacial score (nSPS) is 11.3. The highest BCUT2D eigenvalue weighted by atomic mass is 16.6. The molecule has 2 heteroatoms. The largest absolute Gasteiger partial charge is 0.444 e. The zero-order valence-electron chi connectivity index (χ0n) is 18.9. The van der Waals surface area contributed by atoms with E-state index in [-0.39, 0.29) is 5.97 Å². The molecule has 34 heavy (non-hydrogen) atoms. The summed E-state index contributed by atoms with van der Waals surface area (Å²) >= 11 is 0. The quantitative estimate of drug-likeness (QED) is 0.195. The first kappa shape index (κ1) is 21.7. The first-order valence-corrected chi connectivity index (χ1v) is 11.6. The van der Waals surface area contributed by atoms with Crippen molar-refractivity contribution < 1.29 is 9.53 Å². The minimum absolute atomic E-state index is 0.232. The molecule has 0 aliphatic heterocycles. The molecule has 0 amide bonds. The first-order valence-electron chi connectivity index (χ1n) is 11.6. The topological polar surface area (TPSA) is 26.3 Å². The molecule has 5 aromatic carbocycles. The monoisotopic (exact) mass is 442 g/mol. The van der Waals surface area contributed by atoms with Gasteiger partial charge in [-0.15, -0.1) is 0 Å². The van der Waals surface area contributed by atoms with Gasteiger partial charge in [0.2, 0.25) is 0 Å². The van der Waals surface area contributed by atoms with Crippen molar-refractivity contribution in [3.05, 3.63) is 156 Å². The van der Waals surface area contributed by atoms with E-state index in [9.17, 15) is 4.79 Å². The zero-order valence-corrected chi connectivity index (χ0v) is 18.9. The van der Waals surface area contributed by atoms with Crippen molar-refractivity contribution in [2.24, 2.45) is 0 Å². The third kappa shape index (κ3) is 4.35. The van der Waals surface area contributed by atoms with Crippen molar-refractivity contribution in [2.45, 2.75) is 18.4 Å². The van der Waals surface area contributed by atoms with Gasteiger partial charge < -0.3 is 4.74 Å². The maximum atomic E-state index is 13.4. The molecular formula is C32H26O2. The summed E-state index contributed by atoms with van der Waals surface area (Å²) in [4.78, 5) is 13.4. The fraction of sp³-hybridized carbons (Fsp3) is 0.0938. The van der Waals surface area contributed by atoms with Crippen LogP contribution in [0.4, 0.5) is 0 Å². The standard InChI is InChI=1S/C32H26O2/c33-31(23-21-25-20-22-26-12-10-11-13-27(26)24-25)34-32(28-14-4-1-5-15-28,29-16-6-2-7-17-29)30-18-8-3-9-19-30/h1-20,22,24H,21,23H2. The van der Waals surface area contributed by atoms with E-state index >= 15 is 0 Å². The molecule has 0 fully saturated rings. The number of hydrogen-bond donors (Lipinski definition) is 0. The molecule has 5 aromatic rings. The van der Waals surface area contributed by atoms with Gasteiger partial charge in [-0.2, -0.15) is 0 Å². The molecule has 0 spiro atoms. The molecule has 0 heterocycles. The van der Waals surface area contributed by atoms with Crippen LogP contribution in [-0.2, 0) is 21.6 Å². The van der Waals surface area contributed by atoms with Gasteiger partial charge in [0.1, 0.15) is 0 Å². The smallest absolute Gasteiger partial charge is 0.307 e. The SMILES string of the molecule is O=C(CCc1ccc2ccccc2c1)OC(c1ccccc1)(c1ccccc1)c1ccccc1. The second kappa shape index (κ2) is 9.76. The van der Waals surface area contributed by atoms with E-state index in [2.05, 4.69) is 30.3 Å². The molecule has 0 unspecified atom stereocenters. The molecule has 0 radical (unpaired) electrons. The van der Waals surface area contributed by atoms with Gasteiger partial charge in [-0.3, -0.25) is 4.79 Å². The maximum Gasteiger partial charge on any atom is 0.307 e. The molecule has 0 atom stereocenters. The Hall–Kier alpha value is -4.17. The zero-order chi connectivity index (χ0) is 23.2. The van der Waals surface area contributed by atoms with Crippen molar-refractivity contribution in [2.75, 3.05) is 0 Å². The van der Waals surface area contributed by atoms with E-state index in [1.165, 1.54) is 10.8 Å². The van der Waals surface area contributed by atoms with Gasteiger partial charge in [-0.1, -0.05) is 133 Å². The van der Waals surface area contributed by atoms with E-state index in [1.54, 1.807) is 0 Å². The van der Waals surface area contributed by atoms with Crippen LogP contribution in [0, 0.1) is 0 Å². The summed E-state index contributed by atoms with van der Waals surface area (Å²) in [6.07, 6.45) is 0.921. The van der Waals surface area contributed by atoms with Gasteiger partial charge in [-0.05, 0) is 22.8 Å². The number of aryl methyl sites for hydroxylation is 1. The third-order valence-corrected chi connectivity index (χ3v) is 6.24. The molecule has 166 valence electrons. The Morgan fingerprint density at radius 1 is 0.559 bits per heavy atom. The molecule has 0 saturated heterocycles. The predicted molar refractivity (Wildman–Crippen MR) is 138 cm³/mol. The number of ether oxygens (including phenoxy) is 1. The number of hydrogen-bond acceptors (Lipinski definition) is 2. The number of benzene rings is 5. The van der Waals surface area contributed by atoms with Crippen LogP contribution in [0.25, 0.3) is 10.8 Å². The Labute approximate surface area is 200 Å². The van der Waals surface area contributed by atoms with E-state index in [1.807, 2.05) is 103 Å². The van der Waals surface area contributed by atoms with E-state index in [0.29, 0.717) is 12.8 Å². The fourth-order valence-electron chi connectivity index (χ4n) is 4.56. The minimum Gasteiger partial charge on any atom is -0.444 e. The molecule has 0 N–H and O–H groups in total. The lowest BCUT2D eigenvalue weighted by Crippen LogP contribution is -2.35. The second-order valence-corrected chi connectivity index (χ2v) is 8.43. The highest BCUT2D eigenvalue weighted by Gasteiger charge is 2.40. The van der Waals surface area contributed by atoms with Crippen LogP contribution in [-0.4, -0.2) is 5.97 Å². The van der Waals surface area contributed by atoms with E-state index < -0.39 is 5.60 Å². The fourth-order valence-corrected chi connectivity index (χ4v) is 4.56. The van der Waals surface area contributed by atoms with Crippen LogP contribution in [0.1, 0.15) is 28.7 Å². The molecular weight excluding hydrogens is 416 g/mol. The van der Waals surface area contributed by atoms with Gasteiger partial charge in [0.25, 0.3) is 0 Å². The van der Waals surface area contributed by atoms with Crippen molar-refractivity contribution >= 4 is 16.7 Å². The van der Waals surface area contributed by atoms with Gasteiger partial charge in [0, 0.05) is 23.1 Å². The van der Waals surface area contributed by atoms with Crippen LogP contribution in [0.3, 0.4) is 0 Å². The van der Waals surface area contributed by atoms with Crippen LogP contribution in [0.2, 0.25) is 0 Å². The van der Waals surface area contributed by atoms with E-state index in [4.69, 9.17) is 4.74 Å². The molecule has 0 aliphatic rings. The molecule has 5 rings (SSSR count). The van der Waals surface area contributed by atoms with Crippen molar-refractivity contribution in [3.63, 3.8) is 0 Å². The Morgan fingerprint density at radius 2 is 1.03 bits per heavy atom. The number of carbonyl (C=O) groups excluding carboxylic acids is 1. The number of rotatable bonds is 7. The lowest BCUT2D eigenvalue weighted by atomic mass is 9.80. The van der Waals surface area contributed by atoms with Crippen LogP contribution in [0.5, 0.6) is 0 Å². The van der Waals surface area contributed by atoms with Crippen molar-refractivity contribution in [1.29, 1.82) is 0 Å². The summed E-state index contributed by atoms with van der Waals surface area (Å²) in [5, 5.41) is 2.38. The highest BCUT2D eigenvalue weighted by molar-refractivity contribution is 5.83. The lowest BCUT2D eigenvalue weighted by molar-refractivity contribution is -0.153. The van der Waals surface area contributed by atoms with Crippen LogP contribution >= 0.6 is 0 Å². The summed E-state index contributed by atoms with van der Waals surface area (Å²) in [5.74, 6) is -0.232. The van der Waals surface area contributed by atoms with Crippen molar-refractivity contribution in [3.8, 4) is 0 Å². The molecule has 0 saturated carbocycles. The maximum absolute atomic E-state index is 13.4. The van der Waals surface area contributed by atoms with Crippen LogP contribution in [0.15, 0.2) is 133 Å². The molecule has 0 aromatic heterocycles.